The van der Waals surface area contributed by atoms with E-state index >= 15 is 0 Å². The van der Waals surface area contributed by atoms with Gasteiger partial charge in [-0.15, -0.1) is 0 Å². The molecule has 0 aliphatic heterocycles. The van der Waals surface area contributed by atoms with Crippen molar-refractivity contribution in [2.24, 2.45) is 0 Å². The minimum absolute atomic E-state index is 0.283. The largest absolute Gasteiger partial charge is 0.489 e. The van der Waals surface area contributed by atoms with Gasteiger partial charge in [-0.25, -0.2) is 14.1 Å². The van der Waals surface area contributed by atoms with Gasteiger partial charge >= 0.3 is 0 Å². The Balaban J connectivity index is 1.39. The average molecular weight is 512 g/mol. The lowest BCUT2D eigenvalue weighted by Crippen LogP contribution is -1.96. The fourth-order valence-corrected chi connectivity index (χ4v) is 4.30. The second-order valence-electron chi connectivity index (χ2n) is 8.93. The Morgan fingerprint density at radius 2 is 1.74 bits per heavy atom. The van der Waals surface area contributed by atoms with Crippen LogP contribution in [-0.2, 0) is 6.61 Å². The van der Waals surface area contributed by atoms with Crippen molar-refractivity contribution >= 4 is 22.7 Å². The monoisotopic (exact) mass is 511 g/mol. The number of ether oxygens (including phenoxy) is 1. The maximum absolute atomic E-state index is 13.3. The lowest BCUT2D eigenvalue weighted by molar-refractivity contribution is 0.306. The standard InChI is InChI=1S/C32H22FN5O/c33-26-15-13-22(14-16-26)21-39-28-10-6-7-23(18-28)31-25(20-38(37-31)27-8-2-1-3-9-27)17-24(19-34)32-35-29-11-4-5-12-30(29)36-32/h1-18,20H,21H2,(H,35,36). The Morgan fingerprint density at radius 3 is 2.54 bits per heavy atom. The third-order valence-corrected chi connectivity index (χ3v) is 6.25. The molecule has 188 valence electrons. The van der Waals surface area contributed by atoms with Crippen molar-refractivity contribution in [2.45, 2.75) is 6.61 Å². The first-order valence-corrected chi connectivity index (χ1v) is 12.4. The Labute approximate surface area is 224 Å². The number of allylic oxidation sites excluding steroid dienone is 1. The summed E-state index contributed by atoms with van der Waals surface area (Å²) in [4.78, 5) is 7.84. The molecule has 0 amide bonds. The van der Waals surface area contributed by atoms with Crippen molar-refractivity contribution in [1.29, 1.82) is 5.26 Å². The number of benzene rings is 4. The first kappa shape index (κ1) is 23.9. The molecule has 0 saturated heterocycles. The van der Waals surface area contributed by atoms with Crippen molar-refractivity contribution in [3.05, 3.63) is 132 Å². The summed E-state index contributed by atoms with van der Waals surface area (Å²) in [7, 11) is 0. The number of rotatable bonds is 7. The van der Waals surface area contributed by atoms with E-state index in [4.69, 9.17) is 9.84 Å². The number of H-pyrrole nitrogens is 1. The predicted molar refractivity (Wildman–Crippen MR) is 149 cm³/mol. The van der Waals surface area contributed by atoms with E-state index in [0.717, 1.165) is 33.4 Å². The van der Waals surface area contributed by atoms with Crippen LogP contribution in [0.1, 0.15) is 17.0 Å². The molecule has 0 saturated carbocycles. The molecule has 6 aromatic rings. The summed E-state index contributed by atoms with van der Waals surface area (Å²) in [6.45, 7) is 0.305. The topological polar surface area (TPSA) is 79.5 Å². The van der Waals surface area contributed by atoms with E-state index in [1.54, 1.807) is 22.9 Å². The molecule has 0 aliphatic carbocycles. The highest BCUT2D eigenvalue weighted by Crippen LogP contribution is 2.30. The van der Waals surface area contributed by atoms with Crippen LogP contribution in [0.25, 0.3) is 39.6 Å². The van der Waals surface area contributed by atoms with Crippen LogP contribution in [0, 0.1) is 17.1 Å². The zero-order valence-corrected chi connectivity index (χ0v) is 20.8. The van der Waals surface area contributed by atoms with E-state index < -0.39 is 0 Å². The molecule has 6 rings (SSSR count). The fraction of sp³-hybridized carbons (Fsp3) is 0.0312. The second kappa shape index (κ2) is 10.5. The van der Waals surface area contributed by atoms with Crippen LogP contribution < -0.4 is 4.74 Å². The third kappa shape index (κ3) is 5.17. The van der Waals surface area contributed by atoms with Crippen LogP contribution in [0.3, 0.4) is 0 Å². The van der Waals surface area contributed by atoms with Gasteiger partial charge in [-0.05, 0) is 60.2 Å². The molecule has 0 aliphatic rings. The highest BCUT2D eigenvalue weighted by molar-refractivity contribution is 5.92. The van der Waals surface area contributed by atoms with Gasteiger partial charge in [0.2, 0.25) is 0 Å². The molecule has 0 atom stereocenters. The zero-order valence-electron chi connectivity index (χ0n) is 20.8. The van der Waals surface area contributed by atoms with E-state index in [0.29, 0.717) is 29.4 Å². The molecule has 0 unspecified atom stereocenters. The number of hydrogen-bond acceptors (Lipinski definition) is 4. The number of para-hydroxylation sites is 3. The normalized spacial score (nSPS) is 11.4. The maximum atomic E-state index is 13.3. The second-order valence-corrected chi connectivity index (χ2v) is 8.93. The smallest absolute Gasteiger partial charge is 0.149 e. The van der Waals surface area contributed by atoms with Gasteiger partial charge in [-0.2, -0.15) is 10.4 Å². The quantitative estimate of drug-likeness (QED) is 0.230. The van der Waals surface area contributed by atoms with Crippen LogP contribution in [0.5, 0.6) is 5.75 Å². The molecular weight excluding hydrogens is 489 g/mol. The molecule has 0 fully saturated rings. The number of nitriles is 1. The Kier molecular flexibility index (Phi) is 6.42. The van der Waals surface area contributed by atoms with Crippen molar-refractivity contribution < 1.29 is 9.13 Å². The highest BCUT2D eigenvalue weighted by atomic mass is 19.1. The molecule has 4 aromatic carbocycles. The minimum atomic E-state index is -0.283. The van der Waals surface area contributed by atoms with E-state index in [1.165, 1.54) is 12.1 Å². The van der Waals surface area contributed by atoms with Gasteiger partial charge in [0, 0.05) is 17.3 Å². The number of imidazole rings is 1. The summed E-state index contributed by atoms with van der Waals surface area (Å²) in [5, 5.41) is 14.9. The minimum Gasteiger partial charge on any atom is -0.489 e. The number of aromatic amines is 1. The summed E-state index contributed by atoms with van der Waals surface area (Å²) in [6.07, 6.45) is 3.70. The van der Waals surface area contributed by atoms with Crippen molar-refractivity contribution in [3.8, 4) is 28.8 Å². The van der Waals surface area contributed by atoms with E-state index in [2.05, 4.69) is 16.0 Å². The fourth-order valence-electron chi connectivity index (χ4n) is 4.30. The molecule has 0 radical (unpaired) electrons. The number of aromatic nitrogens is 4. The number of halogens is 1. The van der Waals surface area contributed by atoms with Crippen LogP contribution in [0.15, 0.2) is 109 Å². The average Bonchev–Trinajstić information content (AvgIpc) is 3.61. The summed E-state index contributed by atoms with van der Waals surface area (Å²) < 4.78 is 21.0. The Hall–Kier alpha value is -5.48. The molecule has 2 aromatic heterocycles. The molecule has 7 heteroatoms. The van der Waals surface area contributed by atoms with Crippen LogP contribution in [0.4, 0.5) is 4.39 Å². The summed E-state index contributed by atoms with van der Waals surface area (Å²) in [5.41, 5.74) is 6.08. The Bertz CT molecular complexity index is 1800. The first-order chi connectivity index (χ1) is 19.2. The molecule has 0 spiro atoms. The highest BCUT2D eigenvalue weighted by Gasteiger charge is 2.15. The summed E-state index contributed by atoms with van der Waals surface area (Å²) in [5.74, 6) is 0.863. The number of hydrogen-bond donors (Lipinski definition) is 1. The molecule has 2 heterocycles. The molecule has 1 N–H and O–H groups in total. The van der Waals surface area contributed by atoms with Crippen LogP contribution in [0.2, 0.25) is 0 Å². The molecular formula is C32H22FN5O. The number of nitrogens with zero attached hydrogens (tertiary/aromatic N) is 4. The van der Waals surface area contributed by atoms with Gasteiger partial charge in [0.1, 0.15) is 35.8 Å². The van der Waals surface area contributed by atoms with Gasteiger partial charge in [0.05, 0.1) is 22.3 Å². The van der Waals surface area contributed by atoms with Gasteiger partial charge in [0.25, 0.3) is 0 Å². The summed E-state index contributed by atoms with van der Waals surface area (Å²) >= 11 is 0. The zero-order chi connectivity index (χ0) is 26.6. The predicted octanol–water partition coefficient (Wildman–Crippen LogP) is 7.20. The number of fused-ring (bicyclic) bond motifs is 1. The number of nitrogens with one attached hydrogen (secondary N) is 1. The van der Waals surface area contributed by atoms with Gasteiger partial charge in [0.15, 0.2) is 0 Å². The summed E-state index contributed by atoms with van der Waals surface area (Å²) in [6, 6.07) is 33.6. The van der Waals surface area contributed by atoms with E-state index in [1.807, 2.05) is 85.1 Å². The molecule has 39 heavy (non-hydrogen) atoms. The van der Waals surface area contributed by atoms with Gasteiger partial charge in [-0.1, -0.05) is 54.6 Å². The lowest BCUT2D eigenvalue weighted by Gasteiger charge is -2.08. The van der Waals surface area contributed by atoms with Crippen molar-refractivity contribution in [2.75, 3.05) is 0 Å². The van der Waals surface area contributed by atoms with E-state index in [9.17, 15) is 9.65 Å². The Morgan fingerprint density at radius 1 is 0.949 bits per heavy atom. The van der Waals surface area contributed by atoms with Crippen molar-refractivity contribution in [3.63, 3.8) is 0 Å². The van der Waals surface area contributed by atoms with Crippen LogP contribution >= 0.6 is 0 Å². The third-order valence-electron chi connectivity index (χ3n) is 6.25. The van der Waals surface area contributed by atoms with Gasteiger partial charge < -0.3 is 9.72 Å². The SMILES string of the molecule is N#CC(=Cc1cn(-c2ccccc2)nc1-c1cccc(OCc2ccc(F)cc2)c1)c1nc2ccccc2[nH]1. The van der Waals surface area contributed by atoms with Crippen molar-refractivity contribution in [1.82, 2.24) is 19.7 Å². The maximum Gasteiger partial charge on any atom is 0.149 e. The van der Waals surface area contributed by atoms with E-state index in [-0.39, 0.29) is 5.82 Å². The lowest BCUT2D eigenvalue weighted by atomic mass is 10.1. The van der Waals surface area contributed by atoms with Gasteiger partial charge in [-0.3, -0.25) is 0 Å². The molecule has 6 nitrogen and oxygen atoms in total. The van der Waals surface area contributed by atoms with Crippen LogP contribution in [-0.4, -0.2) is 19.7 Å². The molecule has 0 bridgehead atoms. The first-order valence-electron chi connectivity index (χ1n) is 12.4.